The van der Waals surface area contributed by atoms with Gasteiger partial charge in [0.15, 0.2) is 0 Å². The Balaban J connectivity index is 1.75. The van der Waals surface area contributed by atoms with Crippen molar-refractivity contribution >= 4 is 11.6 Å². The Labute approximate surface area is 122 Å². The first-order valence-electron chi connectivity index (χ1n) is 6.65. The molecule has 0 fully saturated rings. The summed E-state index contributed by atoms with van der Waals surface area (Å²) in [5, 5.41) is 5.35. The molecule has 0 bridgehead atoms. The summed E-state index contributed by atoms with van der Waals surface area (Å²) in [5.41, 5.74) is 0.712. The van der Waals surface area contributed by atoms with Gasteiger partial charge in [0.25, 0.3) is 0 Å². The summed E-state index contributed by atoms with van der Waals surface area (Å²) in [5.74, 6) is -1.99. The van der Waals surface area contributed by atoms with Crippen LogP contribution in [0.3, 0.4) is 0 Å². The van der Waals surface area contributed by atoms with Gasteiger partial charge in [0, 0.05) is 19.5 Å². The number of hydrogen-bond donors (Lipinski definition) is 2. The van der Waals surface area contributed by atoms with Crippen molar-refractivity contribution in [1.29, 1.82) is 0 Å². The van der Waals surface area contributed by atoms with Crippen LogP contribution in [0.15, 0.2) is 48.5 Å². The van der Waals surface area contributed by atoms with Gasteiger partial charge in [-0.15, -0.1) is 0 Å². The minimum atomic E-state index is -0.777. The summed E-state index contributed by atoms with van der Waals surface area (Å²) in [6.45, 7) is 1.07. The number of carbonyl (C=O) groups excluding carboxylic acids is 1. The Hall–Kier alpha value is -2.27. The standard InChI is InChI=1S/C16H16F2N2O/c17-13-7-4-8-14(18)16(13)20-15(21)9-10-19-11-12-5-2-1-3-6-12/h1-8,19H,9-11H2,(H,20,21). The number of carbonyl (C=O) groups is 1. The number of amides is 1. The monoisotopic (exact) mass is 290 g/mol. The molecule has 1 amide bonds. The van der Waals surface area contributed by atoms with Crippen LogP contribution in [0.2, 0.25) is 0 Å². The Kier molecular flexibility index (Phi) is 5.40. The molecule has 0 saturated heterocycles. The van der Waals surface area contributed by atoms with E-state index in [4.69, 9.17) is 0 Å². The molecule has 0 aliphatic carbocycles. The molecule has 0 saturated carbocycles. The van der Waals surface area contributed by atoms with Gasteiger partial charge in [-0.1, -0.05) is 36.4 Å². The summed E-state index contributed by atoms with van der Waals surface area (Å²) in [6.07, 6.45) is 0.139. The van der Waals surface area contributed by atoms with Gasteiger partial charge in [0.1, 0.15) is 17.3 Å². The van der Waals surface area contributed by atoms with Crippen LogP contribution in [0.25, 0.3) is 0 Å². The second-order valence-electron chi connectivity index (χ2n) is 4.56. The lowest BCUT2D eigenvalue weighted by Gasteiger charge is -2.08. The molecule has 110 valence electrons. The van der Waals surface area contributed by atoms with Crippen LogP contribution in [-0.4, -0.2) is 12.5 Å². The lowest BCUT2D eigenvalue weighted by Crippen LogP contribution is -2.22. The number of halogens is 2. The molecule has 0 atom stereocenters. The molecular weight excluding hydrogens is 274 g/mol. The highest BCUT2D eigenvalue weighted by Crippen LogP contribution is 2.17. The van der Waals surface area contributed by atoms with Gasteiger partial charge in [-0.2, -0.15) is 0 Å². The maximum Gasteiger partial charge on any atom is 0.225 e. The summed E-state index contributed by atoms with van der Waals surface area (Å²) >= 11 is 0. The molecule has 21 heavy (non-hydrogen) atoms. The van der Waals surface area contributed by atoms with Crippen LogP contribution in [0.1, 0.15) is 12.0 Å². The molecule has 0 radical (unpaired) electrons. The predicted molar refractivity (Wildman–Crippen MR) is 77.8 cm³/mol. The maximum atomic E-state index is 13.4. The van der Waals surface area contributed by atoms with Gasteiger partial charge < -0.3 is 10.6 Å². The van der Waals surface area contributed by atoms with Crippen molar-refractivity contribution in [3.63, 3.8) is 0 Å². The molecule has 0 aromatic heterocycles. The number of nitrogens with one attached hydrogen (secondary N) is 2. The average Bonchev–Trinajstić information content (AvgIpc) is 2.49. The number of anilines is 1. The largest absolute Gasteiger partial charge is 0.321 e. The van der Waals surface area contributed by atoms with Crippen LogP contribution < -0.4 is 10.6 Å². The van der Waals surface area contributed by atoms with Gasteiger partial charge in [-0.25, -0.2) is 8.78 Å². The van der Waals surface area contributed by atoms with Crippen molar-refractivity contribution in [2.75, 3.05) is 11.9 Å². The molecule has 2 aromatic rings. The van der Waals surface area contributed by atoms with E-state index in [0.717, 1.165) is 17.7 Å². The Morgan fingerprint density at radius 1 is 0.952 bits per heavy atom. The molecule has 3 nitrogen and oxygen atoms in total. The van der Waals surface area contributed by atoms with E-state index >= 15 is 0 Å². The van der Waals surface area contributed by atoms with Crippen LogP contribution in [-0.2, 0) is 11.3 Å². The third-order valence-electron chi connectivity index (χ3n) is 2.93. The second kappa shape index (κ2) is 7.50. The topological polar surface area (TPSA) is 41.1 Å². The second-order valence-corrected chi connectivity index (χ2v) is 4.56. The quantitative estimate of drug-likeness (QED) is 0.803. The molecule has 0 unspecified atom stereocenters. The van der Waals surface area contributed by atoms with Crippen molar-refractivity contribution in [2.45, 2.75) is 13.0 Å². The van der Waals surface area contributed by atoms with Gasteiger partial charge >= 0.3 is 0 Å². The normalized spacial score (nSPS) is 10.4. The van der Waals surface area contributed by atoms with E-state index in [1.165, 1.54) is 6.07 Å². The van der Waals surface area contributed by atoms with E-state index in [9.17, 15) is 13.6 Å². The molecule has 2 aromatic carbocycles. The molecular formula is C16H16F2N2O. The third kappa shape index (κ3) is 4.65. The highest BCUT2D eigenvalue weighted by molar-refractivity contribution is 5.91. The van der Waals surface area contributed by atoms with Crippen molar-refractivity contribution in [1.82, 2.24) is 5.32 Å². The maximum absolute atomic E-state index is 13.4. The van der Waals surface area contributed by atoms with Gasteiger partial charge in [-0.05, 0) is 17.7 Å². The zero-order valence-corrected chi connectivity index (χ0v) is 11.4. The SMILES string of the molecule is O=C(CCNCc1ccccc1)Nc1c(F)cccc1F. The first-order chi connectivity index (χ1) is 10.2. The van der Waals surface area contributed by atoms with Crippen molar-refractivity contribution in [3.05, 3.63) is 65.7 Å². The Bertz CT molecular complexity index is 582. The van der Waals surface area contributed by atoms with Crippen molar-refractivity contribution in [3.8, 4) is 0 Å². The first kappa shape index (κ1) is 15.1. The number of hydrogen-bond acceptors (Lipinski definition) is 2. The summed E-state index contributed by atoms with van der Waals surface area (Å²) in [4.78, 5) is 11.6. The number of para-hydroxylation sites is 1. The van der Waals surface area contributed by atoms with E-state index in [0.29, 0.717) is 13.1 Å². The zero-order chi connectivity index (χ0) is 15.1. The summed E-state index contributed by atoms with van der Waals surface area (Å²) < 4.78 is 26.7. The molecule has 0 heterocycles. The Morgan fingerprint density at radius 2 is 1.62 bits per heavy atom. The van der Waals surface area contributed by atoms with Crippen LogP contribution in [0.4, 0.5) is 14.5 Å². The fourth-order valence-electron chi connectivity index (χ4n) is 1.85. The molecule has 2 rings (SSSR count). The highest BCUT2D eigenvalue weighted by atomic mass is 19.1. The summed E-state index contributed by atoms with van der Waals surface area (Å²) in [6, 6.07) is 13.2. The minimum Gasteiger partial charge on any atom is -0.321 e. The average molecular weight is 290 g/mol. The minimum absolute atomic E-state index is 0.139. The van der Waals surface area contributed by atoms with Crippen LogP contribution >= 0.6 is 0 Å². The van der Waals surface area contributed by atoms with Gasteiger partial charge in [0.2, 0.25) is 5.91 Å². The van der Waals surface area contributed by atoms with Crippen molar-refractivity contribution in [2.24, 2.45) is 0 Å². The van der Waals surface area contributed by atoms with Crippen molar-refractivity contribution < 1.29 is 13.6 Å². The number of benzene rings is 2. The zero-order valence-electron chi connectivity index (χ0n) is 11.4. The number of rotatable bonds is 6. The first-order valence-corrected chi connectivity index (χ1v) is 6.65. The molecule has 0 spiro atoms. The van der Waals surface area contributed by atoms with E-state index < -0.39 is 23.2 Å². The smallest absolute Gasteiger partial charge is 0.225 e. The van der Waals surface area contributed by atoms with Gasteiger partial charge in [-0.3, -0.25) is 4.79 Å². The van der Waals surface area contributed by atoms with E-state index in [1.54, 1.807) is 0 Å². The van der Waals surface area contributed by atoms with Crippen LogP contribution in [0.5, 0.6) is 0 Å². The molecule has 5 heteroatoms. The lowest BCUT2D eigenvalue weighted by atomic mass is 10.2. The Morgan fingerprint density at radius 3 is 2.29 bits per heavy atom. The van der Waals surface area contributed by atoms with Gasteiger partial charge in [0.05, 0.1) is 0 Å². The van der Waals surface area contributed by atoms with E-state index in [2.05, 4.69) is 10.6 Å². The molecule has 0 aliphatic rings. The highest BCUT2D eigenvalue weighted by Gasteiger charge is 2.11. The van der Waals surface area contributed by atoms with E-state index in [1.807, 2.05) is 30.3 Å². The predicted octanol–water partition coefficient (Wildman–Crippen LogP) is 3.08. The molecule has 0 aliphatic heterocycles. The summed E-state index contributed by atoms with van der Waals surface area (Å²) in [7, 11) is 0. The fraction of sp³-hybridized carbons (Fsp3) is 0.188. The fourth-order valence-corrected chi connectivity index (χ4v) is 1.85. The lowest BCUT2D eigenvalue weighted by molar-refractivity contribution is -0.116. The molecule has 2 N–H and O–H groups in total. The van der Waals surface area contributed by atoms with E-state index in [-0.39, 0.29) is 6.42 Å². The van der Waals surface area contributed by atoms with Crippen LogP contribution in [0, 0.1) is 11.6 Å². The third-order valence-corrected chi connectivity index (χ3v) is 2.93.